The molecule has 0 atom stereocenters. The number of pyridine rings is 1. The van der Waals surface area contributed by atoms with Crippen LogP contribution < -0.4 is 15.4 Å². The number of hydrogen-bond donors (Lipinski definition) is 2. The second-order valence-corrected chi connectivity index (χ2v) is 6.57. The van der Waals surface area contributed by atoms with Crippen LogP contribution in [0.25, 0.3) is 0 Å². The van der Waals surface area contributed by atoms with Crippen LogP contribution in [-0.4, -0.2) is 17.0 Å². The fourth-order valence-corrected chi connectivity index (χ4v) is 2.60. The first-order chi connectivity index (χ1) is 13.5. The number of rotatable bonds is 7. The Morgan fingerprint density at radius 2 is 1.82 bits per heavy atom. The highest BCUT2D eigenvalue weighted by Crippen LogP contribution is 2.28. The largest absolute Gasteiger partial charge is 0.489 e. The molecule has 0 aliphatic rings. The number of aromatic nitrogens is 1. The summed E-state index contributed by atoms with van der Waals surface area (Å²) >= 11 is 0. The molecule has 0 fully saturated rings. The number of carbonyl (C=O) groups is 1. The standard InChI is InChI=1S/C22H22FN3O2/c1-15(2)28-20-6-4-3-5-19(20)25-18-11-12-21(24-14-18)26-22(27)13-16-7-9-17(23)10-8-16/h3-12,14-15,25H,13H2,1-2H3,(H,24,26,27). The molecule has 0 bridgehead atoms. The van der Waals surface area contributed by atoms with Crippen LogP contribution in [0.5, 0.6) is 5.75 Å². The van der Waals surface area contributed by atoms with E-state index in [4.69, 9.17) is 4.74 Å². The van der Waals surface area contributed by atoms with E-state index >= 15 is 0 Å². The second-order valence-electron chi connectivity index (χ2n) is 6.57. The topological polar surface area (TPSA) is 63.2 Å². The molecular formula is C22H22FN3O2. The number of ether oxygens (including phenoxy) is 1. The lowest BCUT2D eigenvalue weighted by Gasteiger charge is -2.15. The molecule has 0 aliphatic carbocycles. The Hall–Kier alpha value is -3.41. The zero-order valence-electron chi connectivity index (χ0n) is 15.8. The molecule has 0 saturated heterocycles. The van der Waals surface area contributed by atoms with Crippen LogP contribution in [0.1, 0.15) is 19.4 Å². The Labute approximate surface area is 163 Å². The summed E-state index contributed by atoms with van der Waals surface area (Å²) in [7, 11) is 0. The monoisotopic (exact) mass is 379 g/mol. The molecule has 3 aromatic rings. The van der Waals surface area contributed by atoms with Crippen molar-refractivity contribution in [1.29, 1.82) is 0 Å². The summed E-state index contributed by atoms with van der Waals surface area (Å²) in [5.41, 5.74) is 2.35. The zero-order valence-corrected chi connectivity index (χ0v) is 15.8. The van der Waals surface area contributed by atoms with Gasteiger partial charge >= 0.3 is 0 Å². The molecule has 0 aliphatic heterocycles. The minimum Gasteiger partial charge on any atom is -0.489 e. The van der Waals surface area contributed by atoms with Gasteiger partial charge in [0.2, 0.25) is 5.91 Å². The predicted octanol–water partition coefficient (Wildman–Crippen LogP) is 4.93. The van der Waals surface area contributed by atoms with Crippen LogP contribution in [0.3, 0.4) is 0 Å². The van der Waals surface area contributed by atoms with Crippen LogP contribution in [0.2, 0.25) is 0 Å². The molecule has 0 radical (unpaired) electrons. The minimum atomic E-state index is -0.325. The number of hydrogen-bond acceptors (Lipinski definition) is 4. The van der Waals surface area contributed by atoms with Crippen molar-refractivity contribution in [2.24, 2.45) is 0 Å². The molecule has 2 aromatic carbocycles. The summed E-state index contributed by atoms with van der Waals surface area (Å²) in [6.45, 7) is 3.95. The lowest BCUT2D eigenvalue weighted by atomic mass is 10.1. The van der Waals surface area contributed by atoms with Crippen LogP contribution in [0.4, 0.5) is 21.6 Å². The minimum absolute atomic E-state index is 0.0692. The van der Waals surface area contributed by atoms with E-state index in [0.29, 0.717) is 5.82 Å². The predicted molar refractivity (Wildman–Crippen MR) is 108 cm³/mol. The van der Waals surface area contributed by atoms with Gasteiger partial charge in [0, 0.05) is 0 Å². The van der Waals surface area contributed by atoms with Gasteiger partial charge in [0.25, 0.3) is 0 Å². The van der Waals surface area contributed by atoms with Crippen molar-refractivity contribution < 1.29 is 13.9 Å². The average molecular weight is 379 g/mol. The summed E-state index contributed by atoms with van der Waals surface area (Å²) in [6, 6.07) is 17.1. The van der Waals surface area contributed by atoms with Crippen molar-refractivity contribution in [1.82, 2.24) is 4.98 Å². The van der Waals surface area contributed by atoms with Crippen molar-refractivity contribution >= 4 is 23.1 Å². The van der Waals surface area contributed by atoms with Crippen LogP contribution in [0.15, 0.2) is 66.9 Å². The van der Waals surface area contributed by atoms with Gasteiger partial charge in [-0.2, -0.15) is 0 Å². The smallest absolute Gasteiger partial charge is 0.229 e. The van der Waals surface area contributed by atoms with E-state index in [-0.39, 0.29) is 24.2 Å². The van der Waals surface area contributed by atoms with E-state index in [1.54, 1.807) is 24.4 Å². The molecule has 3 rings (SSSR count). The third kappa shape index (κ3) is 5.54. The maximum absolute atomic E-state index is 12.9. The van der Waals surface area contributed by atoms with E-state index in [0.717, 1.165) is 22.7 Å². The maximum atomic E-state index is 12.9. The van der Waals surface area contributed by atoms with Crippen molar-refractivity contribution in [3.8, 4) is 5.75 Å². The number of halogens is 1. The van der Waals surface area contributed by atoms with Gasteiger partial charge in [0.1, 0.15) is 17.4 Å². The molecule has 2 N–H and O–H groups in total. The van der Waals surface area contributed by atoms with Gasteiger partial charge in [0.05, 0.1) is 30.1 Å². The molecule has 5 nitrogen and oxygen atoms in total. The number of anilines is 3. The number of benzene rings is 2. The maximum Gasteiger partial charge on any atom is 0.229 e. The lowest BCUT2D eigenvalue weighted by molar-refractivity contribution is -0.115. The first kappa shape index (κ1) is 19.4. The molecule has 28 heavy (non-hydrogen) atoms. The van der Waals surface area contributed by atoms with Gasteiger partial charge in [-0.3, -0.25) is 4.79 Å². The fourth-order valence-electron chi connectivity index (χ4n) is 2.60. The Kier molecular flexibility index (Phi) is 6.22. The highest BCUT2D eigenvalue weighted by molar-refractivity contribution is 5.91. The normalized spacial score (nSPS) is 10.6. The Bertz CT molecular complexity index is 925. The van der Waals surface area contributed by atoms with E-state index in [1.165, 1.54) is 12.1 Å². The summed E-state index contributed by atoms with van der Waals surface area (Å²) in [6.07, 6.45) is 1.86. The number of nitrogens with one attached hydrogen (secondary N) is 2. The van der Waals surface area contributed by atoms with Gasteiger partial charge in [-0.15, -0.1) is 0 Å². The van der Waals surface area contributed by atoms with Crippen molar-refractivity contribution in [2.75, 3.05) is 10.6 Å². The van der Waals surface area contributed by atoms with Gasteiger partial charge in [-0.25, -0.2) is 9.37 Å². The van der Waals surface area contributed by atoms with Gasteiger partial charge < -0.3 is 15.4 Å². The van der Waals surface area contributed by atoms with E-state index in [9.17, 15) is 9.18 Å². The van der Waals surface area contributed by atoms with E-state index in [2.05, 4.69) is 15.6 Å². The highest BCUT2D eigenvalue weighted by Gasteiger charge is 2.08. The Morgan fingerprint density at radius 3 is 2.50 bits per heavy atom. The van der Waals surface area contributed by atoms with Crippen LogP contribution in [-0.2, 0) is 11.2 Å². The number of carbonyl (C=O) groups excluding carboxylic acids is 1. The molecule has 0 spiro atoms. The molecule has 0 saturated carbocycles. The zero-order chi connectivity index (χ0) is 19.9. The molecule has 0 unspecified atom stereocenters. The first-order valence-corrected chi connectivity index (χ1v) is 9.02. The Morgan fingerprint density at radius 1 is 1.07 bits per heavy atom. The number of para-hydroxylation sites is 2. The van der Waals surface area contributed by atoms with Crippen molar-refractivity contribution in [2.45, 2.75) is 26.4 Å². The number of nitrogens with zero attached hydrogens (tertiary/aromatic N) is 1. The fraction of sp³-hybridized carbons (Fsp3) is 0.182. The molecular weight excluding hydrogens is 357 g/mol. The summed E-state index contributed by atoms with van der Waals surface area (Å²) in [5.74, 6) is 0.670. The van der Waals surface area contributed by atoms with E-state index in [1.807, 2.05) is 44.2 Å². The SMILES string of the molecule is CC(C)Oc1ccccc1Nc1ccc(NC(=O)Cc2ccc(F)cc2)nc1. The van der Waals surface area contributed by atoms with Gasteiger partial charge in [-0.1, -0.05) is 24.3 Å². The third-order valence-corrected chi connectivity index (χ3v) is 3.84. The molecule has 1 heterocycles. The number of amides is 1. The molecule has 144 valence electrons. The summed E-state index contributed by atoms with van der Waals surface area (Å²) in [5, 5.41) is 6.01. The van der Waals surface area contributed by atoms with Gasteiger partial charge in [0.15, 0.2) is 0 Å². The first-order valence-electron chi connectivity index (χ1n) is 9.02. The molecule has 6 heteroatoms. The summed E-state index contributed by atoms with van der Waals surface area (Å²) < 4.78 is 18.7. The van der Waals surface area contributed by atoms with E-state index < -0.39 is 0 Å². The Balaban J connectivity index is 1.61. The van der Waals surface area contributed by atoms with Gasteiger partial charge in [-0.05, 0) is 55.8 Å². The molecule has 1 amide bonds. The van der Waals surface area contributed by atoms with Crippen molar-refractivity contribution in [3.63, 3.8) is 0 Å². The molecule has 1 aromatic heterocycles. The quantitative estimate of drug-likeness (QED) is 0.611. The average Bonchev–Trinajstić information content (AvgIpc) is 2.66. The van der Waals surface area contributed by atoms with Crippen LogP contribution in [0, 0.1) is 5.82 Å². The van der Waals surface area contributed by atoms with Crippen molar-refractivity contribution in [3.05, 3.63) is 78.2 Å². The summed E-state index contributed by atoms with van der Waals surface area (Å²) in [4.78, 5) is 16.4. The highest BCUT2D eigenvalue weighted by atomic mass is 19.1. The lowest BCUT2D eigenvalue weighted by Crippen LogP contribution is -2.15. The third-order valence-electron chi connectivity index (χ3n) is 3.84. The van der Waals surface area contributed by atoms with Crippen LogP contribution >= 0.6 is 0 Å². The second kappa shape index (κ2) is 8.99.